The third-order valence-corrected chi connectivity index (χ3v) is 4.94. The highest BCUT2D eigenvalue weighted by molar-refractivity contribution is 5.97. The molecule has 0 saturated heterocycles. The first-order valence-electron chi connectivity index (χ1n) is 8.67. The molecule has 5 nitrogen and oxygen atoms in total. The van der Waals surface area contributed by atoms with Gasteiger partial charge in [-0.05, 0) is 37.7 Å². The fourth-order valence-corrected chi connectivity index (χ4v) is 3.68. The Kier molecular flexibility index (Phi) is 5.30. The van der Waals surface area contributed by atoms with Gasteiger partial charge in [-0.15, -0.1) is 0 Å². The SMILES string of the molecule is COC(=O)C[NH2+][C@@H]1C2=C(CCCC2)C(=O)N1CCc1ccccc1. The maximum atomic E-state index is 12.8. The number of hydrogen-bond donors (Lipinski definition) is 1. The fraction of sp³-hybridized carbons (Fsp3) is 0.474. The van der Waals surface area contributed by atoms with Crippen molar-refractivity contribution in [1.82, 2.24) is 4.90 Å². The van der Waals surface area contributed by atoms with Crippen LogP contribution in [0.15, 0.2) is 41.5 Å². The quantitative estimate of drug-likeness (QED) is 0.792. The van der Waals surface area contributed by atoms with Gasteiger partial charge in [-0.3, -0.25) is 9.69 Å². The van der Waals surface area contributed by atoms with E-state index in [0.717, 1.165) is 37.7 Å². The number of amides is 1. The van der Waals surface area contributed by atoms with Crippen LogP contribution in [0.3, 0.4) is 0 Å². The van der Waals surface area contributed by atoms with E-state index in [-0.39, 0.29) is 24.6 Å². The highest BCUT2D eigenvalue weighted by atomic mass is 16.5. The lowest BCUT2D eigenvalue weighted by Crippen LogP contribution is -2.94. The van der Waals surface area contributed by atoms with Gasteiger partial charge in [0.15, 0.2) is 12.7 Å². The van der Waals surface area contributed by atoms with Crippen molar-refractivity contribution in [2.75, 3.05) is 20.2 Å². The summed E-state index contributed by atoms with van der Waals surface area (Å²) >= 11 is 0. The second-order valence-corrected chi connectivity index (χ2v) is 6.41. The Morgan fingerprint density at radius 3 is 2.75 bits per heavy atom. The molecule has 2 aliphatic rings. The molecule has 1 aliphatic heterocycles. The van der Waals surface area contributed by atoms with Crippen molar-refractivity contribution < 1.29 is 19.6 Å². The smallest absolute Gasteiger partial charge is 0.361 e. The molecule has 3 rings (SSSR count). The second kappa shape index (κ2) is 7.62. The van der Waals surface area contributed by atoms with E-state index in [9.17, 15) is 9.59 Å². The second-order valence-electron chi connectivity index (χ2n) is 6.41. The fourth-order valence-electron chi connectivity index (χ4n) is 3.68. The molecule has 1 amide bonds. The Morgan fingerprint density at radius 2 is 2.00 bits per heavy atom. The normalized spacial score (nSPS) is 20.3. The molecule has 0 bridgehead atoms. The lowest BCUT2D eigenvalue weighted by Gasteiger charge is -2.25. The number of hydrogen-bond acceptors (Lipinski definition) is 3. The number of benzene rings is 1. The standard InChI is InChI=1S/C19H24N2O3/c1-24-17(22)13-20-18-15-9-5-6-10-16(15)19(23)21(18)12-11-14-7-3-2-4-8-14/h2-4,7-8,18,20H,5-6,9-13H2,1H3/p+1/t18-/m0/s1. The summed E-state index contributed by atoms with van der Waals surface area (Å²) in [5.41, 5.74) is 3.44. The summed E-state index contributed by atoms with van der Waals surface area (Å²) in [6, 6.07) is 10.2. The summed E-state index contributed by atoms with van der Waals surface area (Å²) in [6.45, 7) is 0.922. The molecule has 1 heterocycles. The Hall–Kier alpha value is -2.14. The van der Waals surface area contributed by atoms with Gasteiger partial charge in [0.05, 0.1) is 7.11 Å². The molecule has 0 aromatic heterocycles. The third kappa shape index (κ3) is 3.51. The van der Waals surface area contributed by atoms with Crippen LogP contribution in [-0.4, -0.2) is 43.1 Å². The number of esters is 1. The van der Waals surface area contributed by atoms with Crippen LogP contribution >= 0.6 is 0 Å². The Morgan fingerprint density at radius 1 is 1.25 bits per heavy atom. The minimum Gasteiger partial charge on any atom is -0.465 e. The molecule has 0 spiro atoms. The van der Waals surface area contributed by atoms with Gasteiger partial charge in [0, 0.05) is 17.7 Å². The number of ether oxygens (including phenoxy) is 1. The van der Waals surface area contributed by atoms with E-state index in [2.05, 4.69) is 12.1 Å². The summed E-state index contributed by atoms with van der Waals surface area (Å²) in [6.07, 6.45) is 4.83. The van der Waals surface area contributed by atoms with Crippen molar-refractivity contribution in [1.29, 1.82) is 0 Å². The molecule has 24 heavy (non-hydrogen) atoms. The zero-order valence-corrected chi connectivity index (χ0v) is 14.2. The average Bonchev–Trinajstić information content (AvgIpc) is 2.90. The zero-order chi connectivity index (χ0) is 16.9. The Labute approximate surface area is 142 Å². The van der Waals surface area contributed by atoms with E-state index < -0.39 is 0 Å². The van der Waals surface area contributed by atoms with Gasteiger partial charge in [0.25, 0.3) is 5.91 Å². The number of nitrogens with two attached hydrogens (primary N) is 1. The summed E-state index contributed by atoms with van der Waals surface area (Å²) in [4.78, 5) is 26.3. The molecular weight excluding hydrogens is 304 g/mol. The van der Waals surface area contributed by atoms with Gasteiger partial charge in [0.2, 0.25) is 0 Å². The van der Waals surface area contributed by atoms with Crippen LogP contribution in [0.1, 0.15) is 31.2 Å². The first kappa shape index (κ1) is 16.7. The minimum absolute atomic E-state index is 0.0457. The minimum atomic E-state index is -0.254. The number of methoxy groups -OCH3 is 1. The summed E-state index contributed by atoms with van der Waals surface area (Å²) in [7, 11) is 1.40. The van der Waals surface area contributed by atoms with Gasteiger partial charge < -0.3 is 10.1 Å². The van der Waals surface area contributed by atoms with Crippen LogP contribution in [0.4, 0.5) is 0 Å². The molecule has 0 fully saturated rings. The number of rotatable bonds is 6. The molecule has 1 atom stereocenters. The molecule has 128 valence electrons. The van der Waals surface area contributed by atoms with E-state index in [1.807, 2.05) is 28.4 Å². The van der Waals surface area contributed by atoms with E-state index >= 15 is 0 Å². The first-order valence-corrected chi connectivity index (χ1v) is 8.67. The number of quaternary nitrogens is 1. The van der Waals surface area contributed by atoms with Crippen molar-refractivity contribution in [3.8, 4) is 0 Å². The maximum Gasteiger partial charge on any atom is 0.361 e. The van der Waals surface area contributed by atoms with E-state index in [1.165, 1.54) is 18.2 Å². The number of nitrogens with zero attached hydrogens (tertiary/aromatic N) is 1. The van der Waals surface area contributed by atoms with Crippen molar-refractivity contribution >= 4 is 11.9 Å². The lowest BCUT2D eigenvalue weighted by atomic mass is 9.92. The largest absolute Gasteiger partial charge is 0.465 e. The predicted molar refractivity (Wildman–Crippen MR) is 89.9 cm³/mol. The lowest BCUT2D eigenvalue weighted by molar-refractivity contribution is -0.687. The summed E-state index contributed by atoms with van der Waals surface area (Å²) < 4.78 is 4.75. The van der Waals surface area contributed by atoms with Gasteiger partial charge in [-0.25, -0.2) is 4.79 Å². The van der Waals surface area contributed by atoms with E-state index in [1.54, 1.807) is 0 Å². The molecule has 0 unspecified atom stereocenters. The van der Waals surface area contributed by atoms with Crippen LogP contribution in [0.2, 0.25) is 0 Å². The van der Waals surface area contributed by atoms with Gasteiger partial charge in [0.1, 0.15) is 0 Å². The van der Waals surface area contributed by atoms with Crippen LogP contribution in [0.25, 0.3) is 0 Å². The maximum absolute atomic E-state index is 12.8. The first-order chi connectivity index (χ1) is 11.7. The highest BCUT2D eigenvalue weighted by Gasteiger charge is 2.41. The van der Waals surface area contributed by atoms with Crippen molar-refractivity contribution in [3.63, 3.8) is 0 Å². The monoisotopic (exact) mass is 329 g/mol. The topological polar surface area (TPSA) is 63.2 Å². The van der Waals surface area contributed by atoms with Gasteiger partial charge >= 0.3 is 5.97 Å². The molecular formula is C19H25N2O3+. The number of carbonyl (C=O) groups excluding carboxylic acids is 2. The van der Waals surface area contributed by atoms with Crippen molar-refractivity contribution in [2.45, 2.75) is 38.3 Å². The number of carbonyl (C=O) groups is 2. The van der Waals surface area contributed by atoms with Crippen molar-refractivity contribution in [2.24, 2.45) is 0 Å². The Bertz CT molecular complexity index is 639. The predicted octanol–water partition coefficient (Wildman–Crippen LogP) is 1.00. The van der Waals surface area contributed by atoms with Crippen LogP contribution < -0.4 is 5.32 Å². The molecule has 1 aromatic rings. The van der Waals surface area contributed by atoms with Gasteiger partial charge in [-0.1, -0.05) is 30.3 Å². The zero-order valence-electron chi connectivity index (χ0n) is 14.2. The van der Waals surface area contributed by atoms with E-state index in [0.29, 0.717) is 6.54 Å². The average molecular weight is 329 g/mol. The van der Waals surface area contributed by atoms with Crippen LogP contribution in [0, 0.1) is 0 Å². The van der Waals surface area contributed by atoms with Crippen molar-refractivity contribution in [3.05, 3.63) is 47.0 Å². The summed E-state index contributed by atoms with van der Waals surface area (Å²) in [5.74, 6) is -0.0953. The molecule has 5 heteroatoms. The van der Waals surface area contributed by atoms with Gasteiger partial charge in [-0.2, -0.15) is 0 Å². The Balaban J connectivity index is 1.72. The molecule has 0 radical (unpaired) electrons. The van der Waals surface area contributed by atoms with Crippen LogP contribution in [0.5, 0.6) is 0 Å². The third-order valence-electron chi connectivity index (χ3n) is 4.94. The molecule has 1 aromatic carbocycles. The molecule has 0 saturated carbocycles. The summed E-state index contributed by atoms with van der Waals surface area (Å²) in [5, 5.41) is 1.95. The van der Waals surface area contributed by atoms with Crippen LogP contribution in [-0.2, 0) is 20.7 Å². The molecule has 1 aliphatic carbocycles. The van der Waals surface area contributed by atoms with E-state index in [4.69, 9.17) is 4.74 Å². The highest BCUT2D eigenvalue weighted by Crippen LogP contribution is 2.34. The molecule has 2 N–H and O–H groups in total.